The number of ether oxygens (including phenoxy) is 2. The van der Waals surface area contributed by atoms with Crippen molar-refractivity contribution in [3.05, 3.63) is 11.6 Å². The molecule has 0 amide bonds. The molecule has 1 aliphatic heterocycles. The summed E-state index contributed by atoms with van der Waals surface area (Å²) in [4.78, 5) is 27.0. The third-order valence-electron chi connectivity index (χ3n) is 15.2. The Hall–Kier alpha value is -1.60. The quantitative estimate of drug-likeness (QED) is 0.187. The van der Waals surface area contributed by atoms with Gasteiger partial charge in [-0.15, -0.1) is 0 Å². The molecule has 6 rings (SSSR count). The van der Waals surface area contributed by atoms with Gasteiger partial charge in [-0.25, -0.2) is 0 Å². The number of carbonyl (C=O) groups is 2. The standard InChI is InChI=1S/C36H56O11/c1-31(2)13-14-36(30(45)47-28-27(42)26(41)25(40)20(17-37)46-28)19(15-31)18-7-8-21-32(3)11-10-23(38)35(6,29(43)44)22(32)9-12-33(21,4)34(18,5)16-24(36)39/h7,19-28,37-42H,8-17H2,1-6H3,(H,43,44)/p-1/t19-,20+,21+,22+,23-,24+,25+,26-,27+,28+,32+,33+,34+,35-,36+/m0/s1. The topological polar surface area (TPSA) is 197 Å². The van der Waals surface area contributed by atoms with Gasteiger partial charge in [0.2, 0.25) is 6.29 Å². The number of hydrogen-bond donors (Lipinski definition) is 6. The molecule has 266 valence electrons. The minimum Gasteiger partial charge on any atom is -0.549 e. The van der Waals surface area contributed by atoms with Crippen molar-refractivity contribution in [2.24, 2.45) is 50.2 Å². The zero-order valence-electron chi connectivity index (χ0n) is 28.6. The maximum absolute atomic E-state index is 14.4. The molecule has 11 heteroatoms. The van der Waals surface area contributed by atoms with E-state index in [1.54, 1.807) is 6.92 Å². The molecule has 0 aromatic carbocycles. The molecule has 0 bridgehead atoms. The molecule has 0 unspecified atom stereocenters. The molecule has 5 fully saturated rings. The van der Waals surface area contributed by atoms with Crippen LogP contribution < -0.4 is 5.11 Å². The third kappa shape index (κ3) is 4.62. The number of carboxylic acid groups (broad SMARTS) is 1. The molecule has 0 spiro atoms. The smallest absolute Gasteiger partial charge is 0.317 e. The molecule has 4 saturated carbocycles. The second-order valence-electron chi connectivity index (χ2n) is 17.7. The fourth-order valence-corrected chi connectivity index (χ4v) is 12.0. The van der Waals surface area contributed by atoms with Crippen LogP contribution in [-0.2, 0) is 19.1 Å². The second-order valence-corrected chi connectivity index (χ2v) is 17.7. The Morgan fingerprint density at radius 3 is 2.19 bits per heavy atom. The number of esters is 1. The van der Waals surface area contributed by atoms with Crippen LogP contribution in [0.2, 0.25) is 0 Å². The molecule has 15 atom stereocenters. The van der Waals surface area contributed by atoms with Crippen molar-refractivity contribution in [1.29, 1.82) is 0 Å². The molecule has 6 N–H and O–H groups in total. The maximum Gasteiger partial charge on any atom is 0.317 e. The molecule has 0 radical (unpaired) electrons. The Labute approximate surface area is 277 Å². The number of hydrogen-bond acceptors (Lipinski definition) is 11. The normalized spacial score (nSPS) is 53.7. The van der Waals surface area contributed by atoms with Gasteiger partial charge >= 0.3 is 5.97 Å². The Bertz CT molecular complexity index is 1310. The summed E-state index contributed by atoms with van der Waals surface area (Å²) in [6.45, 7) is 12.0. The van der Waals surface area contributed by atoms with E-state index in [1.165, 1.54) is 0 Å². The van der Waals surface area contributed by atoms with E-state index in [9.17, 15) is 45.3 Å². The number of fused-ring (bicyclic) bond motifs is 7. The van der Waals surface area contributed by atoms with Gasteiger partial charge in [-0.3, -0.25) is 4.79 Å². The van der Waals surface area contributed by atoms with Crippen LogP contribution in [0.1, 0.15) is 99.3 Å². The lowest BCUT2D eigenvalue weighted by atomic mass is 9.33. The second kappa shape index (κ2) is 11.2. The maximum atomic E-state index is 14.4. The zero-order chi connectivity index (χ0) is 34.7. The van der Waals surface area contributed by atoms with E-state index < -0.39 is 77.7 Å². The van der Waals surface area contributed by atoms with Crippen LogP contribution in [0.3, 0.4) is 0 Å². The van der Waals surface area contributed by atoms with Crippen molar-refractivity contribution < 1.29 is 54.8 Å². The Morgan fingerprint density at radius 2 is 1.55 bits per heavy atom. The number of aliphatic carboxylic acids is 1. The zero-order valence-corrected chi connectivity index (χ0v) is 28.6. The molecule has 5 aliphatic carbocycles. The van der Waals surface area contributed by atoms with Crippen LogP contribution in [-0.4, -0.2) is 92.1 Å². The number of aliphatic hydroxyl groups excluding tert-OH is 6. The summed E-state index contributed by atoms with van der Waals surface area (Å²) < 4.78 is 11.4. The lowest BCUT2D eigenvalue weighted by Gasteiger charge is -2.71. The highest BCUT2D eigenvalue weighted by atomic mass is 16.7. The van der Waals surface area contributed by atoms with Gasteiger partial charge in [-0.2, -0.15) is 0 Å². The van der Waals surface area contributed by atoms with Crippen LogP contribution in [0.15, 0.2) is 11.6 Å². The van der Waals surface area contributed by atoms with E-state index in [-0.39, 0.29) is 40.4 Å². The van der Waals surface area contributed by atoms with E-state index in [0.29, 0.717) is 51.4 Å². The predicted molar refractivity (Wildman–Crippen MR) is 166 cm³/mol. The van der Waals surface area contributed by atoms with Gasteiger partial charge in [0.15, 0.2) is 0 Å². The fourth-order valence-electron chi connectivity index (χ4n) is 12.0. The van der Waals surface area contributed by atoms with Crippen LogP contribution in [0.5, 0.6) is 0 Å². The predicted octanol–water partition coefficient (Wildman–Crippen LogP) is 1.19. The van der Waals surface area contributed by atoms with Gasteiger partial charge in [-0.1, -0.05) is 53.2 Å². The molecular formula is C36H55O11-. The Morgan fingerprint density at radius 1 is 0.872 bits per heavy atom. The van der Waals surface area contributed by atoms with Crippen LogP contribution in [0.4, 0.5) is 0 Å². The van der Waals surface area contributed by atoms with Crippen molar-refractivity contribution >= 4 is 11.9 Å². The molecular weight excluding hydrogens is 608 g/mol. The van der Waals surface area contributed by atoms with Gasteiger partial charge in [0.1, 0.15) is 29.8 Å². The summed E-state index contributed by atoms with van der Waals surface area (Å²) in [7, 11) is 0. The lowest BCUT2D eigenvalue weighted by Crippen LogP contribution is -2.69. The van der Waals surface area contributed by atoms with E-state index >= 15 is 0 Å². The highest BCUT2D eigenvalue weighted by molar-refractivity contribution is 5.80. The number of aliphatic hydroxyl groups is 6. The monoisotopic (exact) mass is 663 g/mol. The highest BCUT2D eigenvalue weighted by Gasteiger charge is 2.72. The summed E-state index contributed by atoms with van der Waals surface area (Å²) >= 11 is 0. The molecule has 6 aliphatic rings. The van der Waals surface area contributed by atoms with Crippen molar-refractivity contribution in [3.8, 4) is 0 Å². The van der Waals surface area contributed by atoms with Crippen molar-refractivity contribution in [2.75, 3.05) is 6.61 Å². The van der Waals surface area contributed by atoms with Crippen LogP contribution in [0.25, 0.3) is 0 Å². The van der Waals surface area contributed by atoms with Crippen LogP contribution >= 0.6 is 0 Å². The first-order valence-electron chi connectivity index (χ1n) is 17.5. The molecule has 1 heterocycles. The first kappa shape index (κ1) is 35.2. The van der Waals surface area contributed by atoms with Gasteiger partial charge in [-0.05, 0) is 97.2 Å². The lowest BCUT2D eigenvalue weighted by molar-refractivity contribution is -0.335. The van der Waals surface area contributed by atoms with E-state index in [1.807, 2.05) is 0 Å². The number of carboxylic acids is 1. The minimum atomic E-state index is -1.75. The van der Waals surface area contributed by atoms with E-state index in [0.717, 1.165) is 5.57 Å². The summed E-state index contributed by atoms with van der Waals surface area (Å²) in [5.41, 5.74) is -2.99. The van der Waals surface area contributed by atoms with Gasteiger partial charge in [0.05, 0.1) is 24.8 Å². The van der Waals surface area contributed by atoms with Gasteiger partial charge in [0, 0.05) is 5.41 Å². The number of allylic oxidation sites excluding steroid dienone is 2. The van der Waals surface area contributed by atoms with E-state index in [2.05, 4.69) is 40.7 Å². The summed E-state index contributed by atoms with van der Waals surface area (Å²) in [6, 6.07) is 0. The molecule has 47 heavy (non-hydrogen) atoms. The number of carbonyl (C=O) groups excluding carboxylic acids is 2. The minimum absolute atomic E-state index is 0.0750. The first-order chi connectivity index (χ1) is 21.7. The van der Waals surface area contributed by atoms with Gasteiger partial charge in [0.25, 0.3) is 0 Å². The van der Waals surface area contributed by atoms with Crippen molar-refractivity contribution in [2.45, 2.75) is 142 Å². The SMILES string of the molecule is CC1(C)CC[C@]2(C(=O)O[C@H]3O[C@H](CO)[C@@H](O)[C@H](O)[C@H]3O)[C@H](O)C[C@]3(C)C(=CC[C@@H]4[C@@]5(C)CC[C@H](O)[C@@](C)(C(=O)[O-])[C@@H]5CC[C@]43C)[C@@H]2C1. The average Bonchev–Trinajstić information content (AvgIpc) is 2.99. The average molecular weight is 664 g/mol. The largest absolute Gasteiger partial charge is 0.549 e. The summed E-state index contributed by atoms with van der Waals surface area (Å²) in [6.07, 6.45) is -2.81. The summed E-state index contributed by atoms with van der Waals surface area (Å²) in [5.74, 6) is -2.52. The molecule has 1 saturated heterocycles. The molecule has 0 aromatic rings. The third-order valence-corrected chi connectivity index (χ3v) is 15.2. The fraction of sp³-hybridized carbons (Fsp3) is 0.889. The number of rotatable bonds is 4. The first-order valence-corrected chi connectivity index (χ1v) is 17.5. The Balaban J connectivity index is 1.39. The van der Waals surface area contributed by atoms with Crippen LogP contribution in [0, 0.1) is 50.2 Å². The molecule has 11 nitrogen and oxygen atoms in total. The van der Waals surface area contributed by atoms with Gasteiger partial charge < -0.3 is 50.0 Å². The van der Waals surface area contributed by atoms with Crippen molar-refractivity contribution in [3.63, 3.8) is 0 Å². The Kier molecular flexibility index (Phi) is 8.40. The highest BCUT2D eigenvalue weighted by Crippen LogP contribution is 2.75. The van der Waals surface area contributed by atoms with E-state index in [4.69, 9.17) is 9.47 Å². The summed E-state index contributed by atoms with van der Waals surface area (Å²) in [5, 5.41) is 76.8. The van der Waals surface area contributed by atoms with Crippen molar-refractivity contribution in [1.82, 2.24) is 0 Å². The molecule has 0 aromatic heterocycles.